The minimum absolute atomic E-state index is 0.431. The van der Waals surface area contributed by atoms with Crippen molar-refractivity contribution >= 4 is 22.7 Å². The van der Waals surface area contributed by atoms with Gasteiger partial charge in [-0.3, -0.25) is 9.79 Å². The fourth-order valence-corrected chi connectivity index (χ4v) is 2.68. The van der Waals surface area contributed by atoms with Gasteiger partial charge in [-0.25, -0.2) is 8.78 Å². The molecular weight excluding hydrogens is 286 g/mol. The summed E-state index contributed by atoms with van der Waals surface area (Å²) in [5.74, 6) is -3.41. The van der Waals surface area contributed by atoms with Crippen LogP contribution in [-0.2, 0) is 4.79 Å². The van der Waals surface area contributed by atoms with E-state index in [4.69, 9.17) is 5.11 Å². The Morgan fingerprint density at radius 3 is 2.80 bits per heavy atom. The van der Waals surface area contributed by atoms with Crippen LogP contribution in [0.5, 0.6) is 0 Å². The normalized spacial score (nSPS) is 18.8. The summed E-state index contributed by atoms with van der Waals surface area (Å²) in [5, 5.41) is 11.3. The molecule has 0 spiro atoms. The lowest BCUT2D eigenvalue weighted by Gasteiger charge is -2.15. The van der Waals surface area contributed by atoms with Crippen LogP contribution in [0.15, 0.2) is 35.3 Å². The maximum atomic E-state index is 12.8. The SMILES string of the molecule is O=C(NCC(F)(F)CO)C1CSC(c2ccccc2)=N1. The molecule has 0 radical (unpaired) electrons. The highest BCUT2D eigenvalue weighted by Crippen LogP contribution is 2.23. The van der Waals surface area contributed by atoms with Gasteiger partial charge in [0.15, 0.2) is 0 Å². The fourth-order valence-electron chi connectivity index (χ4n) is 1.64. The molecule has 1 aliphatic heterocycles. The Morgan fingerprint density at radius 2 is 2.15 bits per heavy atom. The van der Waals surface area contributed by atoms with Crippen molar-refractivity contribution in [2.45, 2.75) is 12.0 Å². The van der Waals surface area contributed by atoms with Crippen LogP contribution in [0.4, 0.5) is 8.78 Å². The molecule has 0 aliphatic carbocycles. The smallest absolute Gasteiger partial charge is 0.287 e. The third-order valence-electron chi connectivity index (χ3n) is 2.73. The standard InChI is InChI=1S/C13H14F2N2O2S/c14-13(15,8-18)7-16-11(19)10-6-20-12(17-10)9-4-2-1-3-5-9/h1-5,10,18H,6-8H2,(H,16,19). The van der Waals surface area contributed by atoms with Crippen LogP contribution in [-0.4, -0.2) is 46.9 Å². The summed E-state index contributed by atoms with van der Waals surface area (Å²) in [4.78, 5) is 16.0. The van der Waals surface area contributed by atoms with E-state index in [-0.39, 0.29) is 0 Å². The number of thioether (sulfide) groups is 1. The van der Waals surface area contributed by atoms with Crippen molar-refractivity contribution in [1.29, 1.82) is 0 Å². The van der Waals surface area contributed by atoms with Crippen molar-refractivity contribution in [2.75, 3.05) is 18.9 Å². The number of alkyl halides is 2. The second-order valence-electron chi connectivity index (χ2n) is 4.36. The minimum Gasteiger partial charge on any atom is -0.390 e. The molecule has 1 aromatic carbocycles. The monoisotopic (exact) mass is 300 g/mol. The van der Waals surface area contributed by atoms with Crippen molar-refractivity contribution in [3.63, 3.8) is 0 Å². The Labute approximate surface area is 119 Å². The summed E-state index contributed by atoms with van der Waals surface area (Å²) in [5.41, 5.74) is 0.911. The Hall–Kier alpha value is -1.47. The number of hydrogen-bond donors (Lipinski definition) is 2. The number of rotatable bonds is 5. The number of carbonyl (C=O) groups is 1. The molecule has 1 atom stereocenters. The third-order valence-corrected chi connectivity index (χ3v) is 3.82. The second-order valence-corrected chi connectivity index (χ2v) is 5.37. The first-order valence-electron chi connectivity index (χ1n) is 6.04. The van der Waals surface area contributed by atoms with E-state index in [0.29, 0.717) is 5.75 Å². The number of aliphatic imine (C=N–C) groups is 1. The zero-order valence-corrected chi connectivity index (χ0v) is 11.4. The molecule has 2 N–H and O–H groups in total. The van der Waals surface area contributed by atoms with Crippen molar-refractivity contribution < 1.29 is 18.7 Å². The van der Waals surface area contributed by atoms with Gasteiger partial charge >= 0.3 is 0 Å². The van der Waals surface area contributed by atoms with Gasteiger partial charge in [-0.2, -0.15) is 0 Å². The van der Waals surface area contributed by atoms with Gasteiger partial charge in [0.1, 0.15) is 12.6 Å². The number of amides is 1. The van der Waals surface area contributed by atoms with E-state index in [0.717, 1.165) is 10.6 Å². The largest absolute Gasteiger partial charge is 0.390 e. The summed E-state index contributed by atoms with van der Waals surface area (Å²) in [6.07, 6.45) is 0. The molecule has 0 saturated heterocycles. The molecule has 1 heterocycles. The first-order valence-corrected chi connectivity index (χ1v) is 7.03. The van der Waals surface area contributed by atoms with Gasteiger partial charge in [-0.1, -0.05) is 30.3 Å². The van der Waals surface area contributed by atoms with E-state index in [1.165, 1.54) is 11.8 Å². The van der Waals surface area contributed by atoms with Gasteiger partial charge in [-0.05, 0) is 0 Å². The first kappa shape index (κ1) is 14.9. The van der Waals surface area contributed by atoms with Crippen LogP contribution in [0, 0.1) is 0 Å². The zero-order chi connectivity index (χ0) is 14.6. The lowest BCUT2D eigenvalue weighted by atomic mass is 10.2. The quantitative estimate of drug-likeness (QED) is 0.861. The molecule has 20 heavy (non-hydrogen) atoms. The van der Waals surface area contributed by atoms with Crippen molar-refractivity contribution in [1.82, 2.24) is 5.32 Å². The Bertz CT molecular complexity index is 508. The highest BCUT2D eigenvalue weighted by Gasteiger charge is 2.31. The summed E-state index contributed by atoms with van der Waals surface area (Å²) in [7, 11) is 0. The predicted molar refractivity (Wildman–Crippen MR) is 74.3 cm³/mol. The topological polar surface area (TPSA) is 61.7 Å². The summed E-state index contributed by atoms with van der Waals surface area (Å²) < 4.78 is 25.7. The second kappa shape index (κ2) is 6.32. The summed E-state index contributed by atoms with van der Waals surface area (Å²) in [6.45, 7) is -2.16. The van der Waals surface area contributed by atoms with Crippen molar-refractivity contribution in [2.24, 2.45) is 4.99 Å². The lowest BCUT2D eigenvalue weighted by Crippen LogP contribution is -2.43. The molecule has 2 rings (SSSR count). The lowest BCUT2D eigenvalue weighted by molar-refractivity contribution is -0.124. The van der Waals surface area contributed by atoms with Gasteiger partial charge in [0.2, 0.25) is 5.91 Å². The number of hydrogen-bond acceptors (Lipinski definition) is 4. The molecular formula is C13H14F2N2O2S. The van der Waals surface area contributed by atoms with Gasteiger partial charge in [0, 0.05) is 11.3 Å². The van der Waals surface area contributed by atoms with Crippen LogP contribution in [0.2, 0.25) is 0 Å². The van der Waals surface area contributed by atoms with Crippen LogP contribution < -0.4 is 5.32 Å². The van der Waals surface area contributed by atoms with Crippen molar-refractivity contribution in [3.8, 4) is 0 Å². The number of benzene rings is 1. The molecule has 1 unspecified atom stereocenters. The number of carbonyl (C=O) groups excluding carboxylic acids is 1. The molecule has 0 aromatic heterocycles. The number of aliphatic hydroxyl groups excluding tert-OH is 1. The van der Waals surface area contributed by atoms with E-state index in [1.807, 2.05) is 30.3 Å². The van der Waals surface area contributed by atoms with E-state index in [2.05, 4.69) is 10.3 Å². The molecule has 1 aromatic rings. The number of nitrogens with zero attached hydrogens (tertiary/aromatic N) is 1. The Balaban J connectivity index is 1.95. The number of nitrogens with one attached hydrogen (secondary N) is 1. The van der Waals surface area contributed by atoms with Gasteiger partial charge in [0.05, 0.1) is 11.6 Å². The highest BCUT2D eigenvalue weighted by molar-refractivity contribution is 8.14. The van der Waals surface area contributed by atoms with Crippen LogP contribution in [0.1, 0.15) is 5.56 Å². The molecule has 0 bridgehead atoms. The Morgan fingerprint density at radius 1 is 1.45 bits per heavy atom. The van der Waals surface area contributed by atoms with E-state index in [9.17, 15) is 13.6 Å². The maximum Gasteiger partial charge on any atom is 0.287 e. The number of halogens is 2. The minimum atomic E-state index is -3.30. The molecule has 1 aliphatic rings. The van der Waals surface area contributed by atoms with Gasteiger partial charge in [0.25, 0.3) is 5.92 Å². The van der Waals surface area contributed by atoms with Crippen LogP contribution >= 0.6 is 11.8 Å². The molecule has 4 nitrogen and oxygen atoms in total. The summed E-state index contributed by atoms with van der Waals surface area (Å²) >= 11 is 1.42. The first-order chi connectivity index (χ1) is 9.52. The zero-order valence-electron chi connectivity index (χ0n) is 10.6. The third kappa shape index (κ3) is 3.77. The van der Waals surface area contributed by atoms with Gasteiger partial charge < -0.3 is 10.4 Å². The average Bonchev–Trinajstić information content (AvgIpc) is 2.96. The molecule has 7 heteroatoms. The highest BCUT2D eigenvalue weighted by atomic mass is 32.2. The Kier molecular flexibility index (Phi) is 4.72. The van der Waals surface area contributed by atoms with E-state index >= 15 is 0 Å². The summed E-state index contributed by atoms with van der Waals surface area (Å²) in [6, 6.07) is 8.72. The number of aliphatic hydroxyl groups is 1. The molecule has 1 amide bonds. The maximum absolute atomic E-state index is 12.8. The van der Waals surface area contributed by atoms with E-state index < -0.39 is 31.0 Å². The predicted octanol–water partition coefficient (Wildman–Crippen LogP) is 1.29. The van der Waals surface area contributed by atoms with Crippen LogP contribution in [0.25, 0.3) is 0 Å². The fraction of sp³-hybridized carbons (Fsp3) is 0.385. The average molecular weight is 300 g/mol. The molecule has 0 saturated carbocycles. The van der Waals surface area contributed by atoms with Gasteiger partial charge in [-0.15, -0.1) is 11.8 Å². The van der Waals surface area contributed by atoms with Crippen LogP contribution in [0.3, 0.4) is 0 Å². The molecule has 108 valence electrons. The molecule has 0 fully saturated rings. The van der Waals surface area contributed by atoms with Crippen molar-refractivity contribution in [3.05, 3.63) is 35.9 Å². The van der Waals surface area contributed by atoms with E-state index in [1.54, 1.807) is 0 Å².